The van der Waals surface area contributed by atoms with Crippen molar-refractivity contribution in [1.29, 1.82) is 5.41 Å². The van der Waals surface area contributed by atoms with Crippen molar-refractivity contribution in [2.24, 2.45) is 0 Å². The third-order valence-electron chi connectivity index (χ3n) is 7.54. The zero-order chi connectivity index (χ0) is 31.0. The Balaban J connectivity index is 1.20. The molecule has 0 spiro atoms. The van der Waals surface area contributed by atoms with Crippen molar-refractivity contribution < 1.29 is 24.2 Å². The van der Waals surface area contributed by atoms with Crippen LogP contribution in [-0.2, 0) is 4.74 Å². The number of amidine groups is 1. The van der Waals surface area contributed by atoms with E-state index in [9.17, 15) is 14.7 Å². The second kappa shape index (κ2) is 12.0. The second-order valence-corrected chi connectivity index (χ2v) is 11.1. The van der Waals surface area contributed by atoms with Gasteiger partial charge in [0.15, 0.2) is 0 Å². The van der Waals surface area contributed by atoms with Crippen LogP contribution in [0, 0.1) is 5.41 Å². The average Bonchev–Trinajstić information content (AvgIpc) is 3.64. The quantitative estimate of drug-likeness (QED) is 0.223. The maximum absolute atomic E-state index is 12.9. The molecule has 11 nitrogen and oxygen atoms in total. The first-order chi connectivity index (χ1) is 21.2. The summed E-state index contributed by atoms with van der Waals surface area (Å²) in [5.41, 5.74) is 6.14. The van der Waals surface area contributed by atoms with E-state index in [1.165, 1.54) is 9.91 Å². The van der Waals surface area contributed by atoms with Gasteiger partial charge in [0, 0.05) is 56.3 Å². The predicted molar refractivity (Wildman–Crippen MR) is 169 cm³/mol. The smallest absolute Gasteiger partial charge is 0.257 e. The van der Waals surface area contributed by atoms with Crippen LogP contribution in [0.3, 0.4) is 0 Å². The van der Waals surface area contributed by atoms with Crippen LogP contribution >= 0.6 is 11.6 Å². The molecule has 4 N–H and O–H groups in total. The number of morpholine rings is 1. The van der Waals surface area contributed by atoms with Gasteiger partial charge in [0.2, 0.25) is 0 Å². The van der Waals surface area contributed by atoms with Gasteiger partial charge in [-0.1, -0.05) is 23.7 Å². The average molecular weight is 615 g/mol. The number of anilines is 1. The number of ether oxygens (including phenoxy) is 2. The van der Waals surface area contributed by atoms with Crippen LogP contribution in [0.4, 0.5) is 5.69 Å². The van der Waals surface area contributed by atoms with Crippen molar-refractivity contribution in [3.05, 3.63) is 94.1 Å². The van der Waals surface area contributed by atoms with Crippen LogP contribution in [0.15, 0.2) is 72.3 Å². The Morgan fingerprint density at radius 2 is 1.82 bits per heavy atom. The molecular weight excluding hydrogens is 584 g/mol. The van der Waals surface area contributed by atoms with Crippen LogP contribution in [0.1, 0.15) is 26.4 Å². The van der Waals surface area contributed by atoms with Gasteiger partial charge >= 0.3 is 0 Å². The third kappa shape index (κ3) is 5.60. The molecule has 2 aliphatic heterocycles. The SMILES string of the molecule is CN(C)C(=O)c1ccccc1Oc1ccc(N2NCC(=C(O)c3cc4cc(C(=O)N5CCOCC5)ccc4[nH]3)C2=N)c(Cl)c1. The number of hydrazine groups is 1. The molecule has 1 aromatic heterocycles. The minimum Gasteiger partial charge on any atom is -0.505 e. The van der Waals surface area contributed by atoms with Gasteiger partial charge in [-0.25, -0.2) is 5.43 Å². The molecule has 0 saturated carbocycles. The summed E-state index contributed by atoms with van der Waals surface area (Å²) < 4.78 is 11.4. The highest BCUT2D eigenvalue weighted by Crippen LogP contribution is 2.35. The lowest BCUT2D eigenvalue weighted by Crippen LogP contribution is -2.40. The topological polar surface area (TPSA) is 134 Å². The highest BCUT2D eigenvalue weighted by Gasteiger charge is 2.29. The summed E-state index contributed by atoms with van der Waals surface area (Å²) in [6, 6.07) is 19.1. The summed E-state index contributed by atoms with van der Waals surface area (Å²) in [6.07, 6.45) is 0. The van der Waals surface area contributed by atoms with Crippen molar-refractivity contribution in [3.8, 4) is 11.5 Å². The first kappa shape index (κ1) is 29.2. The van der Waals surface area contributed by atoms with Crippen LogP contribution < -0.4 is 15.2 Å². The Morgan fingerprint density at radius 3 is 2.57 bits per heavy atom. The number of para-hydroxylation sites is 1. The molecule has 2 amide bonds. The Bertz CT molecular complexity index is 1810. The number of hydrogen-bond donors (Lipinski definition) is 4. The molecule has 6 rings (SSSR count). The van der Waals surface area contributed by atoms with E-state index in [1.54, 1.807) is 79.7 Å². The molecule has 2 fully saturated rings. The number of nitrogens with one attached hydrogen (secondary N) is 3. The number of carbonyl (C=O) groups is 2. The first-order valence-electron chi connectivity index (χ1n) is 14.0. The summed E-state index contributed by atoms with van der Waals surface area (Å²) in [4.78, 5) is 31.9. The number of benzene rings is 3. The monoisotopic (exact) mass is 614 g/mol. The molecule has 3 heterocycles. The van der Waals surface area contributed by atoms with Gasteiger partial charge in [-0.05, 0) is 48.5 Å². The van der Waals surface area contributed by atoms with Crippen molar-refractivity contribution in [2.75, 3.05) is 52.0 Å². The van der Waals surface area contributed by atoms with Gasteiger partial charge in [0.05, 0.1) is 40.8 Å². The second-order valence-electron chi connectivity index (χ2n) is 10.6. The van der Waals surface area contributed by atoms with E-state index in [0.717, 1.165) is 10.9 Å². The zero-order valence-electron chi connectivity index (χ0n) is 24.2. The lowest BCUT2D eigenvalue weighted by molar-refractivity contribution is 0.0303. The van der Waals surface area contributed by atoms with Crippen LogP contribution in [-0.4, -0.2) is 84.5 Å². The Morgan fingerprint density at radius 1 is 1.05 bits per heavy atom. The molecule has 12 heteroatoms. The fraction of sp³-hybridized carbons (Fsp3) is 0.219. The highest BCUT2D eigenvalue weighted by molar-refractivity contribution is 6.34. The molecule has 0 atom stereocenters. The van der Waals surface area contributed by atoms with E-state index in [4.69, 9.17) is 26.5 Å². The number of amides is 2. The number of aromatic amines is 1. The molecule has 0 unspecified atom stereocenters. The molecule has 0 radical (unpaired) electrons. The van der Waals surface area contributed by atoms with Gasteiger partial charge in [-0.15, -0.1) is 0 Å². The number of aromatic nitrogens is 1. The number of H-pyrrole nitrogens is 1. The van der Waals surface area contributed by atoms with E-state index in [-0.39, 0.29) is 30.0 Å². The fourth-order valence-corrected chi connectivity index (χ4v) is 5.45. The number of halogens is 1. The van der Waals surface area contributed by atoms with E-state index in [1.807, 2.05) is 6.07 Å². The molecule has 0 aliphatic carbocycles. The summed E-state index contributed by atoms with van der Waals surface area (Å²) >= 11 is 6.63. The van der Waals surface area contributed by atoms with E-state index < -0.39 is 0 Å². The fourth-order valence-electron chi connectivity index (χ4n) is 5.19. The highest BCUT2D eigenvalue weighted by atomic mass is 35.5. The minimum atomic E-state index is -0.186. The Labute approximate surface area is 258 Å². The summed E-state index contributed by atoms with van der Waals surface area (Å²) in [5, 5.41) is 22.6. The van der Waals surface area contributed by atoms with Gasteiger partial charge < -0.3 is 29.4 Å². The van der Waals surface area contributed by atoms with Crippen molar-refractivity contribution in [2.45, 2.75) is 0 Å². The maximum atomic E-state index is 12.9. The van der Waals surface area contributed by atoms with Gasteiger partial charge in [-0.3, -0.25) is 20.0 Å². The molecule has 0 bridgehead atoms. The number of carbonyl (C=O) groups excluding carboxylic acids is 2. The number of hydrogen-bond acceptors (Lipinski definition) is 7. The standard InChI is InChI=1S/C32H31ClN6O5/c1-37(2)32(42)22-5-3-4-6-28(22)44-21-8-10-27(24(33)17-21)39-30(34)23(18-35-39)29(40)26-16-20-15-19(7-9-25(20)36-26)31(41)38-11-13-43-14-12-38/h3-10,15-17,34-36,40H,11-14,18H2,1-2H3. The van der Waals surface area contributed by atoms with Gasteiger partial charge in [0.25, 0.3) is 11.8 Å². The Kier molecular flexibility index (Phi) is 8.00. The summed E-state index contributed by atoms with van der Waals surface area (Å²) in [7, 11) is 3.35. The van der Waals surface area contributed by atoms with Gasteiger partial charge in [-0.2, -0.15) is 0 Å². The normalized spacial score (nSPS) is 16.4. The van der Waals surface area contributed by atoms with Crippen molar-refractivity contribution in [1.82, 2.24) is 20.2 Å². The number of aliphatic hydroxyl groups is 1. The lowest BCUT2D eigenvalue weighted by atomic mass is 10.1. The predicted octanol–water partition coefficient (Wildman–Crippen LogP) is 5.06. The number of rotatable bonds is 6. The molecule has 226 valence electrons. The van der Waals surface area contributed by atoms with Crippen LogP contribution in [0.2, 0.25) is 5.02 Å². The van der Waals surface area contributed by atoms with Crippen molar-refractivity contribution in [3.63, 3.8) is 0 Å². The van der Waals surface area contributed by atoms with E-state index in [2.05, 4.69) is 10.4 Å². The zero-order valence-corrected chi connectivity index (χ0v) is 24.9. The minimum absolute atomic E-state index is 0.0295. The van der Waals surface area contributed by atoms with Crippen molar-refractivity contribution >= 4 is 51.6 Å². The summed E-state index contributed by atoms with van der Waals surface area (Å²) in [5.74, 6) is 0.522. The van der Waals surface area contributed by atoms with E-state index in [0.29, 0.717) is 70.9 Å². The molecule has 3 aromatic carbocycles. The van der Waals surface area contributed by atoms with Gasteiger partial charge in [0.1, 0.15) is 23.1 Å². The molecule has 4 aromatic rings. The molecule has 44 heavy (non-hydrogen) atoms. The number of aliphatic hydroxyl groups excluding tert-OH is 1. The molecule has 2 saturated heterocycles. The first-order valence-corrected chi connectivity index (χ1v) is 14.4. The third-order valence-corrected chi connectivity index (χ3v) is 7.84. The number of fused-ring (bicyclic) bond motifs is 1. The van der Waals surface area contributed by atoms with Crippen LogP contribution in [0.5, 0.6) is 11.5 Å². The molecular formula is C32H31ClN6O5. The molecule has 2 aliphatic rings. The summed E-state index contributed by atoms with van der Waals surface area (Å²) in [6.45, 7) is 2.35. The lowest BCUT2D eigenvalue weighted by Gasteiger charge is -2.26. The largest absolute Gasteiger partial charge is 0.505 e. The number of nitrogens with zero attached hydrogens (tertiary/aromatic N) is 3. The maximum Gasteiger partial charge on any atom is 0.257 e. The van der Waals surface area contributed by atoms with E-state index >= 15 is 0 Å². The van der Waals surface area contributed by atoms with Crippen LogP contribution in [0.25, 0.3) is 16.7 Å². The Hall–Kier alpha value is -4.84.